The van der Waals surface area contributed by atoms with E-state index in [1.165, 1.54) is 6.92 Å². The van der Waals surface area contributed by atoms with Crippen molar-refractivity contribution in [3.8, 4) is 0 Å². The summed E-state index contributed by atoms with van der Waals surface area (Å²) >= 11 is 0. The minimum Gasteiger partial charge on any atom is -0.303 e. The molecule has 1 nitrogen and oxygen atoms in total. The van der Waals surface area contributed by atoms with Gasteiger partial charge in [0.15, 0.2) is 0 Å². The van der Waals surface area contributed by atoms with E-state index in [2.05, 4.69) is 5.32 Å². The van der Waals surface area contributed by atoms with E-state index in [0.29, 0.717) is 0 Å². The minimum atomic E-state index is -2.43. The van der Waals surface area contributed by atoms with Crippen LogP contribution in [-0.4, -0.2) is 18.5 Å². The maximum atomic E-state index is 11.9. The summed E-state index contributed by atoms with van der Waals surface area (Å²) < 4.78 is 23.7. The largest absolute Gasteiger partial charge is 0.303 e. The van der Waals surface area contributed by atoms with Crippen LogP contribution in [0.3, 0.4) is 0 Å². The third-order valence-electron chi connectivity index (χ3n) is 1.28. The topological polar surface area (TPSA) is 12.0 Å². The van der Waals surface area contributed by atoms with Crippen LogP contribution in [0.15, 0.2) is 0 Å². The van der Waals surface area contributed by atoms with Crippen LogP contribution in [0.4, 0.5) is 8.78 Å². The quantitative estimate of drug-likeness (QED) is 0.534. The fourth-order valence-corrected chi connectivity index (χ4v) is 0.460. The van der Waals surface area contributed by atoms with Gasteiger partial charge >= 0.3 is 0 Å². The third-order valence-corrected chi connectivity index (χ3v) is 1.28. The van der Waals surface area contributed by atoms with E-state index in [0.717, 1.165) is 0 Å². The molecule has 0 aromatic carbocycles. The van der Waals surface area contributed by atoms with Gasteiger partial charge in [0.1, 0.15) is 0 Å². The van der Waals surface area contributed by atoms with E-state index in [4.69, 9.17) is 0 Å². The van der Waals surface area contributed by atoms with Crippen LogP contribution in [0, 0.1) is 0 Å². The average molecular weight is 144 g/mol. The molecule has 1 atom stereocenters. The van der Waals surface area contributed by atoms with Gasteiger partial charge in [0.05, 0.1) is 12.6 Å². The smallest absolute Gasteiger partial charge is 0.274 e. The lowest BCUT2D eigenvalue weighted by molar-refractivity contribution is -0.0880. The van der Waals surface area contributed by atoms with Gasteiger partial charge in [0.2, 0.25) is 0 Å². The average Bonchev–Trinajstić information content (AvgIpc) is 1.63. The SMILES string of the molecule is C[C@H]1NCC1(F)F.Cl. The van der Waals surface area contributed by atoms with Gasteiger partial charge < -0.3 is 5.32 Å². The van der Waals surface area contributed by atoms with E-state index < -0.39 is 12.0 Å². The third kappa shape index (κ3) is 1.09. The molecule has 0 aromatic rings. The van der Waals surface area contributed by atoms with Gasteiger partial charge in [0, 0.05) is 0 Å². The molecule has 1 heterocycles. The van der Waals surface area contributed by atoms with Gasteiger partial charge in [-0.3, -0.25) is 0 Å². The van der Waals surface area contributed by atoms with Crippen molar-refractivity contribution in [3.05, 3.63) is 0 Å². The summed E-state index contributed by atoms with van der Waals surface area (Å²) in [6.45, 7) is 1.33. The van der Waals surface area contributed by atoms with Crippen LogP contribution in [0.25, 0.3) is 0 Å². The van der Waals surface area contributed by atoms with Gasteiger partial charge in [-0.25, -0.2) is 8.78 Å². The zero-order chi connectivity index (χ0) is 5.49. The van der Waals surface area contributed by atoms with Gasteiger partial charge in [-0.05, 0) is 6.92 Å². The normalized spacial score (nSPS) is 32.6. The second kappa shape index (κ2) is 2.15. The van der Waals surface area contributed by atoms with Crippen LogP contribution in [0.2, 0.25) is 0 Å². The molecule has 0 saturated carbocycles. The highest BCUT2D eigenvalue weighted by atomic mass is 35.5. The van der Waals surface area contributed by atoms with Crippen molar-refractivity contribution in [2.45, 2.75) is 18.9 Å². The van der Waals surface area contributed by atoms with Crippen molar-refractivity contribution in [1.29, 1.82) is 0 Å². The predicted molar refractivity (Wildman–Crippen MR) is 29.7 cm³/mol. The zero-order valence-electron chi connectivity index (χ0n) is 4.45. The standard InChI is InChI=1S/C4H7F2N.ClH/c1-3-4(5,6)2-7-3;/h3,7H,2H2,1H3;1H/t3-;/m1./s1. The first-order valence-electron chi connectivity index (χ1n) is 2.24. The molecule has 1 fully saturated rings. The molecule has 1 rings (SSSR count). The van der Waals surface area contributed by atoms with E-state index >= 15 is 0 Å². The first-order valence-corrected chi connectivity index (χ1v) is 2.24. The summed E-state index contributed by atoms with van der Waals surface area (Å²) in [4.78, 5) is 0. The molecular formula is C4H8ClF2N. The Hall–Kier alpha value is 0.110. The summed E-state index contributed by atoms with van der Waals surface area (Å²) in [5, 5.41) is 2.55. The summed E-state index contributed by atoms with van der Waals surface area (Å²) in [6.07, 6.45) is 0. The molecule has 1 aliphatic rings. The number of halogens is 3. The lowest BCUT2D eigenvalue weighted by Gasteiger charge is -2.34. The molecule has 0 bridgehead atoms. The van der Waals surface area contributed by atoms with E-state index in [-0.39, 0.29) is 19.0 Å². The van der Waals surface area contributed by atoms with Gasteiger partial charge in [-0.1, -0.05) is 0 Å². The maximum Gasteiger partial charge on any atom is 0.274 e. The number of rotatable bonds is 0. The lowest BCUT2D eigenvalue weighted by atomic mass is 10.1. The number of nitrogens with one attached hydrogen (secondary N) is 1. The van der Waals surface area contributed by atoms with Crippen molar-refractivity contribution in [3.63, 3.8) is 0 Å². The number of hydrogen-bond acceptors (Lipinski definition) is 1. The van der Waals surface area contributed by atoms with E-state index in [1.54, 1.807) is 0 Å². The van der Waals surface area contributed by atoms with Crippen molar-refractivity contribution in [1.82, 2.24) is 5.32 Å². The van der Waals surface area contributed by atoms with Crippen molar-refractivity contribution < 1.29 is 8.78 Å². The summed E-state index contributed by atoms with van der Waals surface area (Å²) in [5.74, 6) is -2.43. The highest BCUT2D eigenvalue weighted by Crippen LogP contribution is 2.24. The Labute approximate surface area is 52.9 Å². The van der Waals surface area contributed by atoms with Crippen LogP contribution >= 0.6 is 12.4 Å². The summed E-state index contributed by atoms with van der Waals surface area (Å²) in [7, 11) is 0. The molecule has 1 N–H and O–H groups in total. The lowest BCUT2D eigenvalue weighted by Crippen LogP contribution is -2.60. The Morgan fingerprint density at radius 1 is 1.62 bits per heavy atom. The maximum absolute atomic E-state index is 11.9. The van der Waals surface area contributed by atoms with Gasteiger partial charge in [0.25, 0.3) is 5.92 Å². The fraction of sp³-hybridized carbons (Fsp3) is 1.00. The highest BCUT2D eigenvalue weighted by molar-refractivity contribution is 5.85. The Morgan fingerprint density at radius 3 is 2.00 bits per heavy atom. The van der Waals surface area contributed by atoms with Gasteiger partial charge in [-0.15, -0.1) is 12.4 Å². The van der Waals surface area contributed by atoms with Gasteiger partial charge in [-0.2, -0.15) is 0 Å². The first kappa shape index (κ1) is 8.11. The Kier molecular flexibility index (Phi) is 2.18. The van der Waals surface area contributed by atoms with Crippen molar-refractivity contribution in [2.75, 3.05) is 6.54 Å². The molecule has 0 unspecified atom stereocenters. The molecule has 0 aliphatic carbocycles. The Balaban J connectivity index is 0.000000490. The molecule has 0 amide bonds. The molecule has 8 heavy (non-hydrogen) atoms. The monoisotopic (exact) mass is 143 g/mol. The molecule has 0 aromatic heterocycles. The highest BCUT2D eigenvalue weighted by Gasteiger charge is 2.44. The van der Waals surface area contributed by atoms with Crippen molar-refractivity contribution in [2.24, 2.45) is 0 Å². The summed E-state index contributed by atoms with van der Waals surface area (Å²) in [5.41, 5.74) is 0. The van der Waals surface area contributed by atoms with Crippen LogP contribution in [-0.2, 0) is 0 Å². The van der Waals surface area contributed by atoms with Crippen LogP contribution in [0.5, 0.6) is 0 Å². The number of alkyl halides is 2. The van der Waals surface area contributed by atoms with E-state index in [1.807, 2.05) is 0 Å². The zero-order valence-corrected chi connectivity index (χ0v) is 5.27. The Morgan fingerprint density at radius 2 is 2.00 bits per heavy atom. The van der Waals surface area contributed by atoms with Crippen LogP contribution < -0.4 is 5.32 Å². The minimum absolute atomic E-state index is 0. The molecular weight excluding hydrogens is 136 g/mol. The molecule has 4 heteroatoms. The van der Waals surface area contributed by atoms with Crippen molar-refractivity contribution >= 4 is 12.4 Å². The second-order valence-electron chi connectivity index (χ2n) is 1.86. The molecule has 1 aliphatic heterocycles. The Bertz CT molecular complexity index is 86.1. The first-order chi connectivity index (χ1) is 3.13. The second-order valence-corrected chi connectivity index (χ2v) is 1.86. The molecule has 0 radical (unpaired) electrons. The van der Waals surface area contributed by atoms with Crippen LogP contribution in [0.1, 0.15) is 6.92 Å². The van der Waals surface area contributed by atoms with E-state index in [9.17, 15) is 8.78 Å². The molecule has 50 valence electrons. The fourth-order valence-electron chi connectivity index (χ4n) is 0.460. The summed E-state index contributed by atoms with van der Waals surface area (Å²) in [6, 6.07) is -0.604. The predicted octanol–water partition coefficient (Wildman–Crippen LogP) is 1.04. The molecule has 1 saturated heterocycles. The molecule has 0 spiro atoms. The number of hydrogen-bond donors (Lipinski definition) is 1.